The molecule has 0 spiro atoms. The molecule has 0 aliphatic carbocycles. The van der Waals surface area contributed by atoms with Gasteiger partial charge in [-0.05, 0) is 31.9 Å². The van der Waals surface area contributed by atoms with Gasteiger partial charge >= 0.3 is 12.0 Å². The molecule has 23 heavy (non-hydrogen) atoms. The van der Waals surface area contributed by atoms with Crippen LogP contribution in [0.4, 0.5) is 10.5 Å². The predicted octanol–water partition coefficient (Wildman–Crippen LogP) is 0.850. The zero-order valence-corrected chi connectivity index (χ0v) is 12.9. The van der Waals surface area contributed by atoms with Gasteiger partial charge in [0.1, 0.15) is 6.04 Å². The number of benzene rings is 1. The highest BCUT2D eigenvalue weighted by Crippen LogP contribution is 2.18. The fourth-order valence-electron chi connectivity index (χ4n) is 2.49. The van der Waals surface area contributed by atoms with Gasteiger partial charge in [0.2, 0.25) is 0 Å². The maximum absolute atomic E-state index is 12.2. The molecule has 0 saturated carbocycles. The van der Waals surface area contributed by atoms with E-state index in [4.69, 9.17) is 10.5 Å². The molecule has 4 N–H and O–H groups in total. The van der Waals surface area contributed by atoms with Crippen LogP contribution in [-0.2, 0) is 9.53 Å². The number of nitrogens with two attached hydrogens (primary N) is 1. The summed E-state index contributed by atoms with van der Waals surface area (Å²) < 4.78 is 4.96. The van der Waals surface area contributed by atoms with E-state index in [2.05, 4.69) is 10.9 Å². The van der Waals surface area contributed by atoms with Gasteiger partial charge in [-0.25, -0.2) is 9.59 Å². The highest BCUT2D eigenvalue weighted by atomic mass is 16.5. The SMILES string of the molecule is CCOC(=O)c1ccccc1NNC(=O)C1CCCN1C(N)=O. The van der Waals surface area contributed by atoms with Crippen LogP contribution in [-0.4, -0.2) is 42.0 Å². The van der Waals surface area contributed by atoms with Gasteiger partial charge < -0.3 is 15.4 Å². The summed E-state index contributed by atoms with van der Waals surface area (Å²) in [6, 6.07) is 5.45. The third-order valence-electron chi connectivity index (χ3n) is 3.58. The molecule has 2 rings (SSSR count). The van der Waals surface area contributed by atoms with Crippen LogP contribution in [0.15, 0.2) is 24.3 Å². The molecule has 0 radical (unpaired) electrons. The van der Waals surface area contributed by atoms with Gasteiger partial charge in [0.25, 0.3) is 5.91 Å². The third-order valence-corrected chi connectivity index (χ3v) is 3.58. The van der Waals surface area contributed by atoms with Gasteiger partial charge in [0.15, 0.2) is 0 Å². The molecule has 1 fully saturated rings. The minimum absolute atomic E-state index is 0.259. The summed E-state index contributed by atoms with van der Waals surface area (Å²) in [5.74, 6) is -0.857. The second-order valence-corrected chi connectivity index (χ2v) is 5.07. The lowest BCUT2D eigenvalue weighted by molar-refractivity contribution is -0.124. The standard InChI is InChI=1S/C15H20N4O4/c1-2-23-14(21)10-6-3-4-7-11(10)17-18-13(20)12-8-5-9-19(12)15(16)22/h3-4,6-7,12,17H,2,5,8-9H2,1H3,(H2,16,22)(H,18,20). The Morgan fingerprint density at radius 3 is 2.78 bits per heavy atom. The number of urea groups is 1. The fraction of sp³-hybridized carbons (Fsp3) is 0.400. The topological polar surface area (TPSA) is 114 Å². The molecule has 1 aliphatic heterocycles. The molecule has 1 atom stereocenters. The van der Waals surface area contributed by atoms with E-state index in [-0.39, 0.29) is 12.5 Å². The maximum atomic E-state index is 12.2. The number of nitrogens with one attached hydrogen (secondary N) is 2. The van der Waals surface area contributed by atoms with Crippen molar-refractivity contribution in [2.24, 2.45) is 5.73 Å². The Bertz CT molecular complexity index is 605. The number of rotatable bonds is 5. The quantitative estimate of drug-likeness (QED) is 0.550. The summed E-state index contributed by atoms with van der Waals surface area (Å²) in [4.78, 5) is 36.7. The molecular weight excluding hydrogens is 300 g/mol. The molecule has 8 nitrogen and oxygen atoms in total. The molecule has 1 heterocycles. The number of para-hydroxylation sites is 1. The minimum Gasteiger partial charge on any atom is -0.462 e. The molecule has 1 aliphatic rings. The first kappa shape index (κ1) is 16.6. The van der Waals surface area contributed by atoms with Crippen molar-refractivity contribution < 1.29 is 19.1 Å². The highest BCUT2D eigenvalue weighted by molar-refractivity contribution is 5.96. The maximum Gasteiger partial charge on any atom is 0.340 e. The summed E-state index contributed by atoms with van der Waals surface area (Å²) in [5, 5.41) is 0. The normalized spacial score (nSPS) is 16.7. The Labute approximate surface area is 133 Å². The van der Waals surface area contributed by atoms with Gasteiger partial charge in [-0.2, -0.15) is 0 Å². The molecule has 0 aromatic heterocycles. The van der Waals surface area contributed by atoms with E-state index in [1.165, 1.54) is 4.90 Å². The minimum atomic E-state index is -0.616. The Morgan fingerprint density at radius 1 is 1.35 bits per heavy atom. The number of likely N-dealkylation sites (tertiary alicyclic amines) is 1. The monoisotopic (exact) mass is 320 g/mol. The zero-order chi connectivity index (χ0) is 16.8. The molecule has 1 saturated heterocycles. The van der Waals surface area contributed by atoms with E-state index in [0.29, 0.717) is 24.2 Å². The molecule has 0 bridgehead atoms. The van der Waals surface area contributed by atoms with Crippen LogP contribution in [0.25, 0.3) is 0 Å². The first-order chi connectivity index (χ1) is 11.0. The molecule has 124 valence electrons. The fourth-order valence-corrected chi connectivity index (χ4v) is 2.49. The lowest BCUT2D eigenvalue weighted by Crippen LogP contribution is -2.49. The average Bonchev–Trinajstić information content (AvgIpc) is 3.03. The van der Waals surface area contributed by atoms with E-state index < -0.39 is 18.0 Å². The zero-order valence-electron chi connectivity index (χ0n) is 12.9. The third kappa shape index (κ3) is 3.91. The van der Waals surface area contributed by atoms with Crippen molar-refractivity contribution >= 4 is 23.6 Å². The lowest BCUT2D eigenvalue weighted by Gasteiger charge is -2.22. The second kappa shape index (κ2) is 7.48. The van der Waals surface area contributed by atoms with Crippen LogP contribution in [0.5, 0.6) is 0 Å². The van der Waals surface area contributed by atoms with Crippen LogP contribution in [0, 0.1) is 0 Å². The Morgan fingerprint density at radius 2 is 2.09 bits per heavy atom. The number of esters is 1. The lowest BCUT2D eigenvalue weighted by atomic mass is 10.2. The van der Waals surface area contributed by atoms with Crippen molar-refractivity contribution in [2.45, 2.75) is 25.8 Å². The smallest absolute Gasteiger partial charge is 0.340 e. The van der Waals surface area contributed by atoms with Crippen LogP contribution in [0.1, 0.15) is 30.1 Å². The number of anilines is 1. The van der Waals surface area contributed by atoms with Gasteiger partial charge in [0.05, 0.1) is 17.9 Å². The molecule has 3 amide bonds. The van der Waals surface area contributed by atoms with E-state index >= 15 is 0 Å². The Hall–Kier alpha value is -2.77. The largest absolute Gasteiger partial charge is 0.462 e. The molecule has 1 aromatic carbocycles. The van der Waals surface area contributed by atoms with Crippen LogP contribution < -0.4 is 16.6 Å². The summed E-state index contributed by atoms with van der Waals surface area (Å²) in [7, 11) is 0. The number of amides is 3. The van der Waals surface area contributed by atoms with E-state index in [1.807, 2.05) is 0 Å². The van der Waals surface area contributed by atoms with E-state index in [1.54, 1.807) is 31.2 Å². The number of primary amides is 1. The average molecular weight is 320 g/mol. The van der Waals surface area contributed by atoms with Gasteiger partial charge in [0, 0.05) is 6.54 Å². The van der Waals surface area contributed by atoms with Crippen molar-refractivity contribution in [3.8, 4) is 0 Å². The number of nitrogens with zero attached hydrogens (tertiary/aromatic N) is 1. The number of carbonyl (C=O) groups excluding carboxylic acids is 3. The van der Waals surface area contributed by atoms with Crippen molar-refractivity contribution in [1.29, 1.82) is 0 Å². The molecule has 1 aromatic rings. The van der Waals surface area contributed by atoms with Crippen molar-refractivity contribution in [3.05, 3.63) is 29.8 Å². The van der Waals surface area contributed by atoms with Crippen LogP contribution in [0.3, 0.4) is 0 Å². The van der Waals surface area contributed by atoms with Crippen LogP contribution >= 0.6 is 0 Å². The van der Waals surface area contributed by atoms with Crippen LogP contribution in [0.2, 0.25) is 0 Å². The Kier molecular flexibility index (Phi) is 5.40. The number of carbonyl (C=O) groups is 3. The predicted molar refractivity (Wildman–Crippen MR) is 83.5 cm³/mol. The number of hydrogen-bond donors (Lipinski definition) is 3. The summed E-state index contributed by atoms with van der Waals surface area (Å²) >= 11 is 0. The molecular formula is C15H20N4O4. The van der Waals surface area contributed by atoms with Crippen molar-refractivity contribution in [3.63, 3.8) is 0 Å². The van der Waals surface area contributed by atoms with Gasteiger partial charge in [-0.3, -0.25) is 15.6 Å². The highest BCUT2D eigenvalue weighted by Gasteiger charge is 2.33. The van der Waals surface area contributed by atoms with Crippen molar-refractivity contribution in [1.82, 2.24) is 10.3 Å². The first-order valence-electron chi connectivity index (χ1n) is 7.42. The van der Waals surface area contributed by atoms with Gasteiger partial charge in [-0.15, -0.1) is 0 Å². The second-order valence-electron chi connectivity index (χ2n) is 5.07. The number of hydrazine groups is 1. The van der Waals surface area contributed by atoms with Gasteiger partial charge in [-0.1, -0.05) is 12.1 Å². The Balaban J connectivity index is 2.02. The first-order valence-corrected chi connectivity index (χ1v) is 7.42. The molecule has 8 heteroatoms. The van der Waals surface area contributed by atoms with E-state index in [0.717, 1.165) is 6.42 Å². The molecule has 1 unspecified atom stereocenters. The summed E-state index contributed by atoms with van der Waals surface area (Å²) in [6.07, 6.45) is 1.27. The summed E-state index contributed by atoms with van der Waals surface area (Å²) in [5.41, 5.74) is 11.2. The number of ether oxygens (including phenoxy) is 1. The summed E-state index contributed by atoms with van der Waals surface area (Å²) in [6.45, 7) is 2.44. The number of hydrogen-bond acceptors (Lipinski definition) is 5. The van der Waals surface area contributed by atoms with Crippen molar-refractivity contribution in [2.75, 3.05) is 18.6 Å². The van der Waals surface area contributed by atoms with E-state index in [9.17, 15) is 14.4 Å².